The first-order chi connectivity index (χ1) is 17.9. The summed E-state index contributed by atoms with van der Waals surface area (Å²) >= 11 is 0. The molecule has 4 heterocycles. The molecule has 0 fully saturated rings. The van der Waals surface area contributed by atoms with E-state index in [1.54, 1.807) is 13.0 Å². The third-order valence-electron chi connectivity index (χ3n) is 5.86. The van der Waals surface area contributed by atoms with Crippen LogP contribution in [-0.2, 0) is 4.84 Å². The summed E-state index contributed by atoms with van der Waals surface area (Å²) in [4.78, 5) is 28.5. The van der Waals surface area contributed by atoms with Gasteiger partial charge in [-0.3, -0.25) is 9.63 Å². The summed E-state index contributed by atoms with van der Waals surface area (Å²) in [5.74, 6) is 1.16. The van der Waals surface area contributed by atoms with E-state index in [1.807, 2.05) is 43.8 Å². The number of amides is 1. The van der Waals surface area contributed by atoms with Gasteiger partial charge < -0.3 is 15.5 Å². The van der Waals surface area contributed by atoms with Crippen LogP contribution < -0.4 is 21.0 Å². The van der Waals surface area contributed by atoms with Crippen LogP contribution in [0.3, 0.4) is 0 Å². The standard InChI is InChI=1S/C24H25FN10O2/c1-5-37-33-24(36)21-17(11-20(30-31-21)29-19-10-9-15(25)12-26-19)28-16-7-6-8-18-22(16)34(4)13(2)23-27-14(3)32-35(18)23/h6-13H,5H2,1-4H3,(H,33,36)(H2,26,28,29,30)/t13-/m0/s1. The van der Waals surface area contributed by atoms with Gasteiger partial charge in [0.05, 0.1) is 41.6 Å². The van der Waals surface area contributed by atoms with E-state index in [2.05, 4.69) is 46.3 Å². The summed E-state index contributed by atoms with van der Waals surface area (Å²) in [5.41, 5.74) is 5.18. The van der Waals surface area contributed by atoms with Crippen molar-refractivity contribution in [2.45, 2.75) is 26.8 Å². The summed E-state index contributed by atoms with van der Waals surface area (Å²) in [7, 11) is 1.98. The van der Waals surface area contributed by atoms with E-state index in [-0.39, 0.29) is 18.3 Å². The van der Waals surface area contributed by atoms with Crippen molar-refractivity contribution < 1.29 is 14.0 Å². The van der Waals surface area contributed by atoms with Crippen LogP contribution in [0.1, 0.15) is 42.0 Å². The molecule has 5 rings (SSSR count). The summed E-state index contributed by atoms with van der Waals surface area (Å²) < 4.78 is 15.1. The first kappa shape index (κ1) is 24.1. The number of nitrogens with one attached hydrogen (secondary N) is 3. The fraction of sp³-hybridized carbons (Fsp3) is 0.250. The van der Waals surface area contributed by atoms with Crippen molar-refractivity contribution in [1.29, 1.82) is 0 Å². The van der Waals surface area contributed by atoms with E-state index < -0.39 is 11.7 Å². The maximum absolute atomic E-state index is 13.3. The zero-order valence-corrected chi connectivity index (χ0v) is 20.7. The van der Waals surface area contributed by atoms with E-state index in [0.717, 1.165) is 29.1 Å². The number of nitrogens with zero attached hydrogens (tertiary/aromatic N) is 7. The lowest BCUT2D eigenvalue weighted by molar-refractivity contribution is 0.0360. The first-order valence-corrected chi connectivity index (χ1v) is 11.6. The molecular formula is C24H25FN10O2. The Morgan fingerprint density at radius 1 is 1.14 bits per heavy atom. The molecule has 0 radical (unpaired) electrons. The number of hydrogen-bond donors (Lipinski definition) is 3. The highest BCUT2D eigenvalue weighted by atomic mass is 19.1. The molecule has 1 aromatic carbocycles. The maximum atomic E-state index is 13.3. The molecule has 3 aromatic heterocycles. The van der Waals surface area contributed by atoms with Crippen molar-refractivity contribution in [2.75, 3.05) is 29.2 Å². The first-order valence-electron chi connectivity index (χ1n) is 11.6. The third kappa shape index (κ3) is 4.63. The molecule has 1 amide bonds. The number of anilines is 5. The molecule has 4 aromatic rings. The zero-order chi connectivity index (χ0) is 26.1. The average molecular weight is 505 g/mol. The van der Waals surface area contributed by atoms with E-state index in [9.17, 15) is 9.18 Å². The molecule has 0 saturated carbocycles. The predicted octanol–water partition coefficient (Wildman–Crippen LogP) is 3.58. The van der Waals surface area contributed by atoms with Gasteiger partial charge in [0.25, 0.3) is 5.91 Å². The van der Waals surface area contributed by atoms with Crippen LogP contribution in [0.25, 0.3) is 5.69 Å². The SMILES string of the molecule is CCONC(=O)c1nnc(Nc2ccc(F)cn2)cc1Nc1cccc2c1N(C)[C@@H](C)c1nc(C)nn1-2. The zero-order valence-electron chi connectivity index (χ0n) is 20.7. The molecule has 1 atom stereocenters. The summed E-state index contributed by atoms with van der Waals surface area (Å²) in [6.45, 7) is 5.94. The molecule has 13 heteroatoms. The predicted molar refractivity (Wildman–Crippen MR) is 135 cm³/mol. The van der Waals surface area contributed by atoms with E-state index in [0.29, 0.717) is 23.1 Å². The summed E-state index contributed by atoms with van der Waals surface area (Å²) in [6, 6.07) is 10.1. The Morgan fingerprint density at radius 2 is 1.97 bits per heavy atom. The molecule has 0 aliphatic carbocycles. The third-order valence-corrected chi connectivity index (χ3v) is 5.86. The van der Waals surface area contributed by atoms with Crippen LogP contribution in [0.4, 0.5) is 33.1 Å². The van der Waals surface area contributed by atoms with Crippen molar-refractivity contribution in [3.05, 3.63) is 65.8 Å². The maximum Gasteiger partial charge on any atom is 0.297 e. The molecular weight excluding hydrogens is 479 g/mol. The van der Waals surface area contributed by atoms with Crippen LogP contribution in [-0.4, -0.2) is 49.5 Å². The molecule has 0 bridgehead atoms. The average Bonchev–Trinajstić information content (AvgIpc) is 3.29. The van der Waals surface area contributed by atoms with Gasteiger partial charge in [-0.25, -0.2) is 24.5 Å². The van der Waals surface area contributed by atoms with Crippen molar-refractivity contribution in [2.24, 2.45) is 0 Å². The summed E-state index contributed by atoms with van der Waals surface area (Å²) in [5, 5.41) is 19.1. The Hall–Kier alpha value is -4.65. The molecule has 1 aliphatic heterocycles. The number of aromatic nitrogens is 6. The molecule has 12 nitrogen and oxygen atoms in total. The second-order valence-corrected chi connectivity index (χ2v) is 8.36. The van der Waals surface area contributed by atoms with E-state index >= 15 is 0 Å². The molecule has 0 unspecified atom stereocenters. The minimum Gasteiger partial charge on any atom is -0.361 e. The fourth-order valence-electron chi connectivity index (χ4n) is 4.05. The Morgan fingerprint density at radius 3 is 2.73 bits per heavy atom. The van der Waals surface area contributed by atoms with Crippen LogP contribution >= 0.6 is 0 Å². The second-order valence-electron chi connectivity index (χ2n) is 8.36. The lowest BCUT2D eigenvalue weighted by Crippen LogP contribution is -2.31. The molecule has 190 valence electrons. The van der Waals surface area contributed by atoms with Gasteiger partial charge in [-0.05, 0) is 45.0 Å². The molecule has 37 heavy (non-hydrogen) atoms. The minimum atomic E-state index is -0.566. The number of halogens is 1. The number of benzene rings is 1. The van der Waals surface area contributed by atoms with Gasteiger partial charge in [-0.2, -0.15) is 5.10 Å². The lowest BCUT2D eigenvalue weighted by atomic mass is 10.1. The topological polar surface area (TPSA) is 135 Å². The van der Waals surface area contributed by atoms with Crippen LogP contribution in [0, 0.1) is 12.7 Å². The fourth-order valence-corrected chi connectivity index (χ4v) is 4.05. The van der Waals surface area contributed by atoms with Crippen molar-refractivity contribution >= 4 is 34.6 Å². The molecule has 0 spiro atoms. The monoisotopic (exact) mass is 504 g/mol. The quantitative estimate of drug-likeness (QED) is 0.321. The highest BCUT2D eigenvalue weighted by Crippen LogP contribution is 2.42. The molecule has 3 N–H and O–H groups in total. The van der Waals surface area contributed by atoms with Crippen LogP contribution in [0.15, 0.2) is 42.6 Å². The van der Waals surface area contributed by atoms with Crippen LogP contribution in [0.5, 0.6) is 0 Å². The lowest BCUT2D eigenvalue weighted by Gasteiger charge is -2.34. The second kappa shape index (κ2) is 9.78. The van der Waals surface area contributed by atoms with Gasteiger partial charge >= 0.3 is 0 Å². The largest absolute Gasteiger partial charge is 0.361 e. The number of carbonyl (C=O) groups is 1. The van der Waals surface area contributed by atoms with Gasteiger partial charge in [0.2, 0.25) is 0 Å². The normalized spacial score (nSPS) is 14.1. The Bertz CT molecular complexity index is 1460. The smallest absolute Gasteiger partial charge is 0.297 e. The van der Waals surface area contributed by atoms with Gasteiger partial charge in [0, 0.05) is 13.1 Å². The van der Waals surface area contributed by atoms with E-state index in [4.69, 9.17) is 4.84 Å². The number of carbonyl (C=O) groups excluding carboxylic acids is 1. The summed E-state index contributed by atoms with van der Waals surface area (Å²) in [6.07, 6.45) is 1.09. The highest BCUT2D eigenvalue weighted by molar-refractivity contribution is 5.99. The van der Waals surface area contributed by atoms with Crippen molar-refractivity contribution in [3.63, 3.8) is 0 Å². The van der Waals surface area contributed by atoms with Gasteiger partial charge in [-0.15, -0.1) is 10.2 Å². The number of fused-ring (bicyclic) bond motifs is 3. The van der Waals surface area contributed by atoms with Crippen molar-refractivity contribution in [1.82, 2.24) is 35.4 Å². The Balaban J connectivity index is 1.56. The number of para-hydroxylation sites is 1. The van der Waals surface area contributed by atoms with Gasteiger partial charge in [0.1, 0.15) is 17.5 Å². The van der Waals surface area contributed by atoms with Gasteiger partial charge in [0.15, 0.2) is 17.3 Å². The van der Waals surface area contributed by atoms with Crippen LogP contribution in [0.2, 0.25) is 0 Å². The Kier molecular flexibility index (Phi) is 6.36. The number of aryl methyl sites for hydroxylation is 1. The van der Waals surface area contributed by atoms with Crippen molar-refractivity contribution in [3.8, 4) is 5.69 Å². The molecule has 0 saturated heterocycles. The highest BCUT2D eigenvalue weighted by Gasteiger charge is 2.31. The number of pyridine rings is 1. The number of rotatable bonds is 7. The van der Waals surface area contributed by atoms with Gasteiger partial charge in [-0.1, -0.05) is 6.07 Å². The Labute approximate surface area is 211 Å². The van der Waals surface area contributed by atoms with E-state index in [1.165, 1.54) is 12.1 Å². The number of hydrogen-bond acceptors (Lipinski definition) is 10. The molecule has 1 aliphatic rings. The minimum absolute atomic E-state index is 0.0208. The number of hydroxylamine groups is 1.